The van der Waals surface area contributed by atoms with Crippen LogP contribution in [0.2, 0.25) is 0 Å². The molecule has 2 amide bonds. The highest BCUT2D eigenvalue weighted by Gasteiger charge is 2.40. The Morgan fingerprint density at radius 3 is 2.00 bits per heavy atom. The fraction of sp³-hybridized carbons (Fsp3) is 0.905. The second-order valence-electron chi connectivity index (χ2n) is 9.93. The summed E-state index contributed by atoms with van der Waals surface area (Å²) in [5.74, 6) is 0.704. The molecule has 0 radical (unpaired) electrons. The van der Waals surface area contributed by atoms with E-state index in [2.05, 4.69) is 37.4 Å². The molecule has 1 unspecified atom stereocenters. The van der Waals surface area contributed by atoms with Crippen LogP contribution < -0.4 is 10.6 Å². The van der Waals surface area contributed by atoms with Gasteiger partial charge < -0.3 is 15.1 Å². The molecule has 0 aromatic rings. The van der Waals surface area contributed by atoms with E-state index in [1.165, 1.54) is 6.26 Å². The molecule has 1 atom stereocenters. The molecule has 0 aliphatic rings. The predicted octanol–water partition coefficient (Wildman–Crippen LogP) is 1.88. The minimum atomic E-state index is -2.93. The van der Waals surface area contributed by atoms with Gasteiger partial charge in [-0.1, -0.05) is 27.7 Å². The first-order valence-corrected chi connectivity index (χ1v) is 13.4. The Balaban J connectivity index is 4.58. The second-order valence-corrected chi connectivity index (χ2v) is 12.6. The number of hydrogen-bond acceptors (Lipinski definition) is 5. The van der Waals surface area contributed by atoms with Crippen molar-refractivity contribution in [1.29, 1.82) is 0 Å². The first-order valence-electron chi connectivity index (χ1n) is 10.8. The Bertz CT molecular complexity index is 663. The SMILES string of the molecule is CCC(C)(CC(C)(C)C(=O)NCCC[N+](C)(C)CCCS(C)(=O)=O)C(=O)NCCS. The highest BCUT2D eigenvalue weighted by atomic mass is 32.2. The van der Waals surface area contributed by atoms with Gasteiger partial charge in [0.15, 0.2) is 0 Å². The Morgan fingerprint density at radius 1 is 0.967 bits per heavy atom. The summed E-state index contributed by atoms with van der Waals surface area (Å²) in [4.78, 5) is 25.3. The largest absolute Gasteiger partial charge is 0.355 e. The summed E-state index contributed by atoms with van der Waals surface area (Å²) >= 11 is 4.13. The summed E-state index contributed by atoms with van der Waals surface area (Å²) in [7, 11) is 1.22. The molecule has 30 heavy (non-hydrogen) atoms. The van der Waals surface area contributed by atoms with Crippen LogP contribution in [-0.4, -0.2) is 82.8 Å². The molecule has 7 nitrogen and oxygen atoms in total. The van der Waals surface area contributed by atoms with Crippen molar-refractivity contribution >= 4 is 34.3 Å². The van der Waals surface area contributed by atoms with Crippen molar-refractivity contribution in [2.75, 3.05) is 58.0 Å². The van der Waals surface area contributed by atoms with Crippen molar-refractivity contribution in [3.05, 3.63) is 0 Å². The van der Waals surface area contributed by atoms with Gasteiger partial charge in [-0.25, -0.2) is 8.42 Å². The summed E-state index contributed by atoms with van der Waals surface area (Å²) in [6.45, 7) is 10.4. The quantitative estimate of drug-likeness (QED) is 0.195. The lowest BCUT2D eigenvalue weighted by Gasteiger charge is -2.35. The average molecular weight is 467 g/mol. The lowest BCUT2D eigenvalue weighted by Crippen LogP contribution is -2.47. The van der Waals surface area contributed by atoms with E-state index in [0.29, 0.717) is 42.6 Å². The van der Waals surface area contributed by atoms with Crippen LogP contribution in [0.15, 0.2) is 0 Å². The van der Waals surface area contributed by atoms with Gasteiger partial charge in [0.25, 0.3) is 0 Å². The van der Waals surface area contributed by atoms with Crippen molar-refractivity contribution in [3.63, 3.8) is 0 Å². The van der Waals surface area contributed by atoms with E-state index in [-0.39, 0.29) is 17.6 Å². The van der Waals surface area contributed by atoms with Crippen LogP contribution in [0, 0.1) is 10.8 Å². The Labute approximate surface area is 189 Å². The third kappa shape index (κ3) is 11.6. The number of carbonyl (C=O) groups is 2. The zero-order valence-electron chi connectivity index (χ0n) is 20.0. The molecule has 0 aromatic carbocycles. The summed E-state index contributed by atoms with van der Waals surface area (Å²) in [6, 6.07) is 0. The van der Waals surface area contributed by atoms with E-state index in [9.17, 15) is 18.0 Å². The number of nitrogens with zero attached hydrogens (tertiary/aromatic N) is 1. The van der Waals surface area contributed by atoms with Gasteiger partial charge in [0.2, 0.25) is 11.8 Å². The molecular formula is C21H44N3O4S2+. The smallest absolute Gasteiger partial charge is 0.225 e. The number of nitrogens with one attached hydrogen (secondary N) is 2. The monoisotopic (exact) mass is 466 g/mol. The van der Waals surface area contributed by atoms with Crippen LogP contribution >= 0.6 is 12.6 Å². The third-order valence-corrected chi connectivity index (χ3v) is 6.93. The number of carbonyl (C=O) groups excluding carboxylic acids is 2. The summed E-state index contributed by atoms with van der Waals surface area (Å²) in [5, 5.41) is 5.91. The maximum Gasteiger partial charge on any atom is 0.225 e. The second kappa shape index (κ2) is 12.3. The van der Waals surface area contributed by atoms with Crippen molar-refractivity contribution < 1.29 is 22.5 Å². The minimum absolute atomic E-state index is 0.0342. The number of amides is 2. The van der Waals surface area contributed by atoms with E-state index in [0.717, 1.165) is 19.5 Å². The topological polar surface area (TPSA) is 92.3 Å². The lowest BCUT2D eigenvalue weighted by molar-refractivity contribution is -0.890. The summed E-state index contributed by atoms with van der Waals surface area (Å²) in [6.07, 6.45) is 3.82. The zero-order chi connectivity index (χ0) is 23.6. The van der Waals surface area contributed by atoms with Crippen molar-refractivity contribution in [2.24, 2.45) is 10.8 Å². The standard InChI is InChI=1S/C21H43N3O4S2/c1-8-21(4,19(26)23-12-15-29)17-20(2,3)18(25)22-11-9-13-24(5,6)14-10-16-30(7,27)28/h8-17H2,1-7H3,(H2-,22,23,25,26,29)/p+1. The Morgan fingerprint density at radius 2 is 1.50 bits per heavy atom. The highest BCUT2D eigenvalue weighted by molar-refractivity contribution is 7.90. The summed E-state index contributed by atoms with van der Waals surface area (Å²) in [5.41, 5.74) is -1.27. The fourth-order valence-electron chi connectivity index (χ4n) is 3.62. The van der Waals surface area contributed by atoms with Gasteiger partial charge >= 0.3 is 0 Å². The van der Waals surface area contributed by atoms with E-state index < -0.39 is 20.7 Å². The van der Waals surface area contributed by atoms with Crippen LogP contribution in [0.3, 0.4) is 0 Å². The number of hydrogen-bond donors (Lipinski definition) is 3. The maximum absolute atomic E-state index is 12.8. The van der Waals surface area contributed by atoms with Crippen LogP contribution in [0.4, 0.5) is 0 Å². The third-order valence-electron chi connectivity index (χ3n) is 5.68. The number of sulfone groups is 1. The first kappa shape index (κ1) is 29.2. The van der Waals surface area contributed by atoms with Crippen LogP contribution in [-0.2, 0) is 19.4 Å². The van der Waals surface area contributed by atoms with Crippen molar-refractivity contribution in [1.82, 2.24) is 10.6 Å². The van der Waals surface area contributed by atoms with Crippen LogP contribution in [0.1, 0.15) is 53.4 Å². The minimum Gasteiger partial charge on any atom is -0.355 e. The molecule has 0 rings (SSSR count). The Hall–Kier alpha value is -0.800. The average Bonchev–Trinajstić information content (AvgIpc) is 2.61. The molecule has 9 heteroatoms. The highest BCUT2D eigenvalue weighted by Crippen LogP contribution is 2.37. The number of thiol groups is 1. The van der Waals surface area contributed by atoms with E-state index in [1.807, 2.05) is 27.7 Å². The van der Waals surface area contributed by atoms with E-state index >= 15 is 0 Å². The zero-order valence-corrected chi connectivity index (χ0v) is 21.7. The molecule has 0 spiro atoms. The van der Waals surface area contributed by atoms with Gasteiger partial charge in [0.05, 0.1) is 32.9 Å². The molecule has 178 valence electrons. The van der Waals surface area contributed by atoms with E-state index in [4.69, 9.17) is 0 Å². The molecule has 0 heterocycles. The van der Waals surface area contributed by atoms with Gasteiger partial charge in [0.1, 0.15) is 9.84 Å². The molecule has 0 fully saturated rings. The first-order chi connectivity index (χ1) is 13.6. The number of rotatable bonds is 15. The molecule has 0 bridgehead atoms. The van der Waals surface area contributed by atoms with Crippen LogP contribution in [0.5, 0.6) is 0 Å². The van der Waals surface area contributed by atoms with Gasteiger partial charge in [-0.2, -0.15) is 12.6 Å². The van der Waals surface area contributed by atoms with E-state index in [1.54, 1.807) is 0 Å². The van der Waals surface area contributed by atoms with Crippen molar-refractivity contribution in [3.8, 4) is 0 Å². The van der Waals surface area contributed by atoms with Gasteiger partial charge in [-0.3, -0.25) is 9.59 Å². The molecule has 0 aliphatic carbocycles. The van der Waals surface area contributed by atoms with Gasteiger partial charge in [0, 0.05) is 48.8 Å². The Kier molecular flexibility index (Phi) is 12.0. The molecular weight excluding hydrogens is 422 g/mol. The van der Waals surface area contributed by atoms with Crippen molar-refractivity contribution in [2.45, 2.75) is 53.4 Å². The van der Waals surface area contributed by atoms with Gasteiger partial charge in [-0.05, 0) is 12.8 Å². The lowest BCUT2D eigenvalue weighted by atomic mass is 9.71. The van der Waals surface area contributed by atoms with Gasteiger partial charge in [-0.15, -0.1) is 0 Å². The molecule has 0 saturated heterocycles. The maximum atomic E-state index is 12.8. The molecule has 2 N–H and O–H groups in total. The normalized spacial score (nSPS) is 14.8. The fourth-order valence-corrected chi connectivity index (χ4v) is 4.38. The number of quaternary nitrogens is 1. The van der Waals surface area contributed by atoms with Crippen LogP contribution in [0.25, 0.3) is 0 Å². The predicted molar refractivity (Wildman–Crippen MR) is 127 cm³/mol. The summed E-state index contributed by atoms with van der Waals surface area (Å²) < 4.78 is 23.3. The molecule has 0 aromatic heterocycles. The molecule has 0 saturated carbocycles. The molecule has 0 aliphatic heterocycles.